The first-order chi connectivity index (χ1) is 26.7. The number of anilines is 2. The minimum Gasteiger partial charge on any atom is -0.491 e. The summed E-state index contributed by atoms with van der Waals surface area (Å²) in [6.07, 6.45) is -1.78. The second-order valence-corrected chi connectivity index (χ2v) is 13.9. The summed E-state index contributed by atoms with van der Waals surface area (Å²) in [4.78, 5) is 45.2. The molecule has 3 aromatic carbocycles. The van der Waals surface area contributed by atoms with Crippen molar-refractivity contribution in [1.82, 2.24) is 14.5 Å². The number of benzene rings is 3. The molecule has 1 amide bonds. The molecule has 1 unspecified atom stereocenters. The average molecular weight is 787 g/mol. The molecule has 0 saturated carbocycles. The van der Waals surface area contributed by atoms with E-state index in [0.29, 0.717) is 56.5 Å². The number of nitriles is 1. The number of carbonyl (C=O) groups excluding carboxylic acids is 1. The molecule has 1 aliphatic heterocycles. The smallest absolute Gasteiger partial charge is 0.417 e. The lowest BCUT2D eigenvalue weighted by atomic mass is 9.77. The highest BCUT2D eigenvalue weighted by molar-refractivity contribution is 7.80. The van der Waals surface area contributed by atoms with Crippen molar-refractivity contribution >= 4 is 45.4 Å². The number of hydrogen-bond acceptors (Lipinski definition) is 10. The molecule has 1 fully saturated rings. The number of aromatic amines is 1. The van der Waals surface area contributed by atoms with Crippen LogP contribution in [0.1, 0.15) is 42.0 Å². The van der Waals surface area contributed by atoms with Gasteiger partial charge in [0.1, 0.15) is 12.4 Å². The van der Waals surface area contributed by atoms with Crippen LogP contribution in [-0.4, -0.2) is 65.0 Å². The van der Waals surface area contributed by atoms with E-state index < -0.39 is 45.8 Å². The highest BCUT2D eigenvalue weighted by Crippen LogP contribution is 2.47. The molecule has 12 nitrogen and oxygen atoms in total. The van der Waals surface area contributed by atoms with Gasteiger partial charge in [-0.15, -0.1) is 0 Å². The van der Waals surface area contributed by atoms with E-state index >= 15 is 0 Å². The lowest BCUT2D eigenvalue weighted by Gasteiger charge is -2.23. The summed E-state index contributed by atoms with van der Waals surface area (Å²) >= 11 is 5.68. The molecule has 1 saturated heterocycles. The Hall–Kier alpha value is -5.89. The first-order valence-electron chi connectivity index (χ1n) is 17.5. The Kier molecular flexibility index (Phi) is 11.7. The molecule has 0 spiro atoms. The fourth-order valence-electron chi connectivity index (χ4n) is 6.60. The minimum absolute atomic E-state index is 0.0317. The fraction of sp³-hybridized carbons (Fsp3) is 0.300. The van der Waals surface area contributed by atoms with Gasteiger partial charge in [0, 0.05) is 41.9 Å². The van der Waals surface area contributed by atoms with Gasteiger partial charge in [-0.1, -0.05) is 24.4 Å². The number of amides is 1. The SMILES string of the molecule is Cc1c(-n2ccc(=O)[nH]c2=O)cnc2cc(OCCOCCOCCNc3ccc(C4C(=S)N(c5ccc(C#N)c(C(F)(F)F)c5)C(=O)C4(C)C)cc3)ccc12. The number of alkyl halides is 3. The van der Waals surface area contributed by atoms with Crippen molar-refractivity contribution in [1.29, 1.82) is 5.26 Å². The molecule has 0 bridgehead atoms. The molecule has 0 radical (unpaired) electrons. The van der Waals surface area contributed by atoms with Gasteiger partial charge >= 0.3 is 11.9 Å². The van der Waals surface area contributed by atoms with E-state index in [1.54, 1.807) is 26.1 Å². The number of fused-ring (bicyclic) bond motifs is 1. The quantitative estimate of drug-likeness (QED) is 0.0973. The monoisotopic (exact) mass is 786 g/mol. The van der Waals surface area contributed by atoms with Gasteiger partial charge in [0.15, 0.2) is 0 Å². The van der Waals surface area contributed by atoms with Gasteiger partial charge in [-0.05, 0) is 74.4 Å². The molecule has 6 rings (SSSR count). The lowest BCUT2D eigenvalue weighted by Crippen LogP contribution is -2.32. The van der Waals surface area contributed by atoms with E-state index in [1.165, 1.54) is 22.9 Å². The number of aromatic nitrogens is 3. The maximum absolute atomic E-state index is 13.7. The normalized spacial score (nSPS) is 15.3. The third kappa shape index (κ3) is 8.35. The van der Waals surface area contributed by atoms with Gasteiger partial charge in [-0.25, -0.2) is 4.79 Å². The highest BCUT2D eigenvalue weighted by Gasteiger charge is 2.52. The van der Waals surface area contributed by atoms with Crippen molar-refractivity contribution in [3.63, 3.8) is 0 Å². The Bertz CT molecular complexity index is 2440. The number of halogens is 3. The molecule has 56 heavy (non-hydrogen) atoms. The third-order valence-corrected chi connectivity index (χ3v) is 9.90. The Morgan fingerprint density at radius 3 is 2.38 bits per heavy atom. The molecule has 3 heterocycles. The van der Waals surface area contributed by atoms with Crippen LogP contribution in [0.3, 0.4) is 0 Å². The Morgan fingerprint density at radius 2 is 1.68 bits per heavy atom. The molecule has 290 valence electrons. The second-order valence-electron chi connectivity index (χ2n) is 13.5. The van der Waals surface area contributed by atoms with Crippen molar-refractivity contribution in [2.75, 3.05) is 49.8 Å². The summed E-state index contributed by atoms with van der Waals surface area (Å²) in [5.74, 6) is -0.376. The number of hydrogen-bond donors (Lipinski definition) is 2. The van der Waals surface area contributed by atoms with Crippen LogP contribution < -0.4 is 26.2 Å². The van der Waals surface area contributed by atoms with Gasteiger partial charge in [-0.2, -0.15) is 18.4 Å². The number of nitrogens with one attached hydrogen (secondary N) is 2. The molecule has 0 aliphatic carbocycles. The van der Waals surface area contributed by atoms with Crippen LogP contribution in [0.25, 0.3) is 16.6 Å². The third-order valence-electron chi connectivity index (χ3n) is 9.49. The van der Waals surface area contributed by atoms with Crippen molar-refractivity contribution in [3.05, 3.63) is 122 Å². The predicted octanol–water partition coefficient (Wildman–Crippen LogP) is 6.28. The maximum Gasteiger partial charge on any atom is 0.417 e. The summed E-state index contributed by atoms with van der Waals surface area (Å²) in [6, 6.07) is 18.8. The van der Waals surface area contributed by atoms with E-state index in [1.807, 2.05) is 49.4 Å². The Balaban J connectivity index is 0.917. The van der Waals surface area contributed by atoms with E-state index in [0.717, 1.165) is 39.2 Å². The first kappa shape index (κ1) is 39.8. The number of rotatable bonds is 14. The molecular formula is C40H37F3N6O6S. The van der Waals surface area contributed by atoms with Crippen LogP contribution in [0.4, 0.5) is 24.5 Å². The summed E-state index contributed by atoms with van der Waals surface area (Å²) < 4.78 is 59.4. The first-order valence-corrected chi connectivity index (χ1v) is 17.9. The van der Waals surface area contributed by atoms with Gasteiger partial charge in [-0.3, -0.25) is 29.0 Å². The molecule has 2 N–H and O–H groups in total. The van der Waals surface area contributed by atoms with E-state index in [2.05, 4.69) is 15.3 Å². The molecule has 2 aromatic heterocycles. The highest BCUT2D eigenvalue weighted by atomic mass is 32.1. The van der Waals surface area contributed by atoms with Crippen LogP contribution >= 0.6 is 12.2 Å². The van der Waals surface area contributed by atoms with Crippen LogP contribution in [-0.2, 0) is 20.4 Å². The van der Waals surface area contributed by atoms with Gasteiger partial charge in [0.05, 0.1) is 77.1 Å². The van der Waals surface area contributed by atoms with Crippen LogP contribution in [0.15, 0.2) is 88.7 Å². The van der Waals surface area contributed by atoms with Gasteiger partial charge in [0.25, 0.3) is 5.56 Å². The molecule has 16 heteroatoms. The number of carbonyl (C=O) groups is 1. The Morgan fingerprint density at radius 1 is 0.964 bits per heavy atom. The summed E-state index contributed by atoms with van der Waals surface area (Å²) in [7, 11) is 0. The van der Waals surface area contributed by atoms with Crippen LogP contribution in [0.2, 0.25) is 0 Å². The molecule has 1 aliphatic rings. The average Bonchev–Trinajstić information content (AvgIpc) is 3.34. The van der Waals surface area contributed by atoms with Crippen molar-refractivity contribution < 1.29 is 32.2 Å². The topological polar surface area (TPSA) is 152 Å². The number of H-pyrrole nitrogens is 1. The van der Waals surface area contributed by atoms with Crippen LogP contribution in [0.5, 0.6) is 5.75 Å². The number of aryl methyl sites for hydroxylation is 1. The van der Waals surface area contributed by atoms with Crippen molar-refractivity contribution in [2.24, 2.45) is 5.41 Å². The van der Waals surface area contributed by atoms with Crippen LogP contribution in [0, 0.1) is 23.7 Å². The number of pyridine rings is 1. The minimum atomic E-state index is -4.77. The van der Waals surface area contributed by atoms with E-state index in [9.17, 15) is 27.6 Å². The van der Waals surface area contributed by atoms with E-state index in [-0.39, 0.29) is 10.7 Å². The maximum atomic E-state index is 13.7. The molecule has 5 aromatic rings. The van der Waals surface area contributed by atoms with Gasteiger partial charge in [0.2, 0.25) is 5.91 Å². The summed E-state index contributed by atoms with van der Waals surface area (Å²) in [5.41, 5.74) is -0.0946. The number of nitrogens with zero attached hydrogens (tertiary/aromatic N) is 4. The molecule has 1 atom stereocenters. The fourth-order valence-corrected chi connectivity index (χ4v) is 7.22. The zero-order valence-corrected chi connectivity index (χ0v) is 31.4. The number of ether oxygens (including phenoxy) is 3. The standard InChI is InChI=1S/C40H37F3N6O6S/c1-24-30-11-10-29(21-32(30)46-23-33(24)48-14-12-34(50)47-38(48)52)55-19-18-54-17-16-53-15-13-45-27-7-4-25(5-8-27)35-36(56)49(37(51)39(35,2)3)28-9-6-26(22-44)31(20-28)40(41,42)43/h4-12,14,20-21,23,35,45H,13,15-19H2,1-3H3,(H,47,50,52). The summed E-state index contributed by atoms with van der Waals surface area (Å²) in [6.45, 7) is 7.64. The van der Waals surface area contributed by atoms with E-state index in [4.69, 9.17) is 31.7 Å². The Labute approximate surface area is 324 Å². The predicted molar refractivity (Wildman–Crippen MR) is 208 cm³/mol. The zero-order chi connectivity index (χ0) is 40.2. The van der Waals surface area contributed by atoms with Gasteiger partial charge < -0.3 is 19.5 Å². The lowest BCUT2D eigenvalue weighted by molar-refractivity contribution is -0.137. The second kappa shape index (κ2) is 16.5. The van der Waals surface area contributed by atoms with Crippen molar-refractivity contribution in [2.45, 2.75) is 32.9 Å². The van der Waals surface area contributed by atoms with Crippen molar-refractivity contribution in [3.8, 4) is 17.5 Å². The molecular weight excluding hydrogens is 750 g/mol. The zero-order valence-electron chi connectivity index (χ0n) is 30.6. The largest absolute Gasteiger partial charge is 0.491 e. The number of thiocarbonyl (C=S) groups is 1. The summed E-state index contributed by atoms with van der Waals surface area (Å²) in [5, 5.41) is 13.3.